The molecule has 2 aromatic rings. The van der Waals surface area contributed by atoms with Crippen molar-refractivity contribution in [2.75, 3.05) is 13.1 Å². The lowest BCUT2D eigenvalue weighted by molar-refractivity contribution is -0.136. The van der Waals surface area contributed by atoms with E-state index in [2.05, 4.69) is 10.4 Å². The van der Waals surface area contributed by atoms with Gasteiger partial charge in [-0.05, 0) is 43.2 Å². The van der Waals surface area contributed by atoms with Gasteiger partial charge in [0, 0.05) is 18.8 Å². The van der Waals surface area contributed by atoms with Gasteiger partial charge >= 0.3 is 12.2 Å². The van der Waals surface area contributed by atoms with Gasteiger partial charge < -0.3 is 4.90 Å². The van der Waals surface area contributed by atoms with Crippen LogP contribution in [-0.4, -0.2) is 50.4 Å². The van der Waals surface area contributed by atoms with Crippen molar-refractivity contribution in [3.8, 4) is 0 Å². The number of fused-ring (bicyclic) bond motifs is 1. The van der Waals surface area contributed by atoms with E-state index in [1.165, 1.54) is 6.20 Å². The van der Waals surface area contributed by atoms with E-state index in [4.69, 9.17) is 11.6 Å². The van der Waals surface area contributed by atoms with Crippen LogP contribution in [0.2, 0.25) is 5.15 Å². The SMILES string of the molecule is O=C(c1nc2c(C(F)(F)F)cc(C3CC3)cn2c1Cl)N1CCN(C2CCCC2)C(=O)N1. The molecule has 0 radical (unpaired) electrons. The largest absolute Gasteiger partial charge is 0.419 e. The highest BCUT2D eigenvalue weighted by Gasteiger charge is 2.39. The lowest BCUT2D eigenvalue weighted by atomic mass is 10.1. The van der Waals surface area contributed by atoms with Gasteiger partial charge in [-0.1, -0.05) is 24.4 Å². The molecular weight excluding hydrogens is 435 g/mol. The third-order valence-electron chi connectivity index (χ3n) is 6.31. The molecule has 0 bridgehead atoms. The molecule has 11 heteroatoms. The monoisotopic (exact) mass is 455 g/mol. The Hall–Kier alpha value is -2.49. The highest BCUT2D eigenvalue weighted by atomic mass is 35.5. The summed E-state index contributed by atoms with van der Waals surface area (Å²) in [5.41, 5.74) is 1.41. The molecule has 5 rings (SSSR count). The van der Waals surface area contributed by atoms with Crippen molar-refractivity contribution in [3.05, 3.63) is 34.2 Å². The van der Waals surface area contributed by atoms with Crippen LogP contribution in [0.3, 0.4) is 0 Å². The molecule has 31 heavy (non-hydrogen) atoms. The van der Waals surface area contributed by atoms with E-state index in [0.717, 1.165) is 54.0 Å². The molecule has 166 valence electrons. The summed E-state index contributed by atoms with van der Waals surface area (Å²) in [4.78, 5) is 31.2. The predicted octanol–water partition coefficient (Wildman–Crippen LogP) is 4.21. The summed E-state index contributed by atoms with van der Waals surface area (Å²) in [6.07, 6.45) is 2.52. The van der Waals surface area contributed by atoms with Crippen molar-refractivity contribution in [2.24, 2.45) is 0 Å². The Morgan fingerprint density at radius 2 is 1.87 bits per heavy atom. The maximum absolute atomic E-state index is 13.7. The minimum absolute atomic E-state index is 0.0612. The quantitative estimate of drug-likeness (QED) is 0.753. The third-order valence-corrected chi connectivity index (χ3v) is 6.67. The number of alkyl halides is 3. The molecule has 7 nitrogen and oxygen atoms in total. The molecule has 0 spiro atoms. The zero-order chi connectivity index (χ0) is 21.9. The summed E-state index contributed by atoms with van der Waals surface area (Å²) in [5.74, 6) is -0.666. The van der Waals surface area contributed by atoms with E-state index in [1.54, 1.807) is 4.90 Å². The van der Waals surface area contributed by atoms with E-state index in [1.807, 2.05) is 0 Å². The van der Waals surface area contributed by atoms with Crippen LogP contribution in [0, 0.1) is 0 Å². The number of nitrogens with zero attached hydrogens (tertiary/aromatic N) is 4. The minimum atomic E-state index is -4.64. The second-order valence-corrected chi connectivity index (χ2v) is 8.77. The highest BCUT2D eigenvalue weighted by Crippen LogP contribution is 2.43. The topological polar surface area (TPSA) is 70.0 Å². The molecule has 1 saturated heterocycles. The van der Waals surface area contributed by atoms with Gasteiger partial charge in [0.2, 0.25) is 0 Å². The van der Waals surface area contributed by atoms with E-state index >= 15 is 0 Å². The number of aromatic nitrogens is 2. The van der Waals surface area contributed by atoms with Crippen LogP contribution in [0.4, 0.5) is 18.0 Å². The molecule has 2 saturated carbocycles. The van der Waals surface area contributed by atoms with Gasteiger partial charge in [-0.3, -0.25) is 9.20 Å². The van der Waals surface area contributed by atoms with Gasteiger partial charge in [-0.25, -0.2) is 20.2 Å². The fourth-order valence-electron chi connectivity index (χ4n) is 4.51. The Labute approximate surface area is 181 Å². The standard InChI is InChI=1S/C20H21ClF3N5O2/c21-16-15(18(30)29-8-7-27(19(31)26-29)13-3-1-2-4-13)25-17-14(20(22,23)24)9-12(10-28(16)17)11-5-6-11/h9-11,13H,1-8H2,(H,26,31). The number of nitrogens with one attached hydrogen (secondary N) is 1. The smallest absolute Gasteiger partial charge is 0.319 e. The van der Waals surface area contributed by atoms with Crippen molar-refractivity contribution in [1.82, 2.24) is 24.7 Å². The summed E-state index contributed by atoms with van der Waals surface area (Å²) in [6.45, 7) is 0.553. The zero-order valence-corrected chi connectivity index (χ0v) is 17.3. The van der Waals surface area contributed by atoms with E-state index in [9.17, 15) is 22.8 Å². The van der Waals surface area contributed by atoms with Crippen molar-refractivity contribution in [1.29, 1.82) is 0 Å². The number of hydrogen-bond donors (Lipinski definition) is 1. The summed E-state index contributed by atoms with van der Waals surface area (Å²) in [5, 5.41) is 0.886. The number of hydrogen-bond acceptors (Lipinski definition) is 3. The molecule has 0 atom stereocenters. The molecule has 2 aliphatic carbocycles. The van der Waals surface area contributed by atoms with Crippen LogP contribution in [0.25, 0.3) is 5.65 Å². The number of hydrazine groups is 1. The van der Waals surface area contributed by atoms with Gasteiger partial charge in [0.15, 0.2) is 11.3 Å². The molecule has 1 N–H and O–H groups in total. The van der Waals surface area contributed by atoms with E-state index in [-0.39, 0.29) is 29.4 Å². The Bertz CT molecular complexity index is 1060. The summed E-state index contributed by atoms with van der Waals surface area (Å²) >= 11 is 6.32. The third kappa shape index (κ3) is 3.60. The first-order valence-electron chi connectivity index (χ1n) is 10.4. The maximum Gasteiger partial charge on any atom is 0.419 e. The second kappa shape index (κ2) is 7.29. The molecule has 0 unspecified atom stereocenters. The highest BCUT2D eigenvalue weighted by molar-refractivity contribution is 6.33. The van der Waals surface area contributed by atoms with Crippen LogP contribution < -0.4 is 5.43 Å². The summed E-state index contributed by atoms with van der Waals surface area (Å²) < 4.78 is 42.1. The molecule has 3 heterocycles. The fourth-order valence-corrected chi connectivity index (χ4v) is 4.76. The maximum atomic E-state index is 13.7. The van der Waals surface area contributed by atoms with Gasteiger partial charge in [0.05, 0.1) is 12.1 Å². The molecule has 3 amide bonds. The molecule has 3 fully saturated rings. The normalized spacial score (nSPS) is 20.6. The molecule has 1 aliphatic heterocycles. The first kappa shape index (κ1) is 20.4. The van der Waals surface area contributed by atoms with Gasteiger partial charge in [-0.15, -0.1) is 0 Å². The van der Waals surface area contributed by atoms with E-state index in [0.29, 0.717) is 12.1 Å². The average molecular weight is 456 g/mol. The van der Waals surface area contributed by atoms with Crippen molar-refractivity contribution < 1.29 is 22.8 Å². The van der Waals surface area contributed by atoms with Crippen molar-refractivity contribution in [2.45, 2.75) is 56.7 Å². The van der Waals surface area contributed by atoms with Crippen LogP contribution in [0.15, 0.2) is 12.3 Å². The second-order valence-electron chi connectivity index (χ2n) is 8.41. The molecule has 2 aromatic heterocycles. The Morgan fingerprint density at radius 1 is 1.16 bits per heavy atom. The number of urea groups is 1. The predicted molar refractivity (Wildman–Crippen MR) is 106 cm³/mol. The Kier molecular flexibility index (Phi) is 4.80. The van der Waals surface area contributed by atoms with Crippen LogP contribution >= 0.6 is 11.6 Å². The zero-order valence-electron chi connectivity index (χ0n) is 16.6. The number of carbonyl (C=O) groups excluding carboxylic acids is 2. The van der Waals surface area contributed by atoms with Gasteiger partial charge in [0.25, 0.3) is 5.91 Å². The Balaban J connectivity index is 1.45. The lowest BCUT2D eigenvalue weighted by Crippen LogP contribution is -2.61. The first-order chi connectivity index (χ1) is 14.7. The van der Waals surface area contributed by atoms with Crippen LogP contribution in [0.5, 0.6) is 0 Å². The van der Waals surface area contributed by atoms with Crippen LogP contribution in [-0.2, 0) is 6.18 Å². The first-order valence-corrected chi connectivity index (χ1v) is 10.8. The number of amides is 3. The summed E-state index contributed by atoms with van der Waals surface area (Å²) in [6, 6.07) is 0.858. The molecule has 3 aliphatic rings. The molecular formula is C20H21ClF3N5O2. The minimum Gasteiger partial charge on any atom is -0.319 e. The van der Waals surface area contributed by atoms with Crippen molar-refractivity contribution >= 4 is 29.2 Å². The number of halogens is 4. The number of rotatable bonds is 3. The van der Waals surface area contributed by atoms with Crippen molar-refractivity contribution in [3.63, 3.8) is 0 Å². The number of carbonyl (C=O) groups is 2. The van der Waals surface area contributed by atoms with Crippen LogP contribution in [0.1, 0.15) is 66.1 Å². The lowest BCUT2D eigenvalue weighted by Gasteiger charge is -2.38. The molecule has 0 aromatic carbocycles. The fraction of sp³-hybridized carbons (Fsp3) is 0.550. The summed E-state index contributed by atoms with van der Waals surface area (Å²) in [7, 11) is 0. The number of pyridine rings is 1. The average Bonchev–Trinajstić information content (AvgIpc) is 3.33. The number of imidazole rings is 1. The van der Waals surface area contributed by atoms with Gasteiger partial charge in [0.1, 0.15) is 5.15 Å². The Morgan fingerprint density at radius 3 is 2.48 bits per heavy atom. The van der Waals surface area contributed by atoms with E-state index < -0.39 is 29.3 Å². The van der Waals surface area contributed by atoms with Gasteiger partial charge in [-0.2, -0.15) is 13.2 Å².